The molecule has 1 atom stereocenters. The van der Waals surface area contributed by atoms with E-state index in [0.717, 1.165) is 0 Å². The largest absolute Gasteiger partial charge is 0.411 e. The molecular formula is C6H7NO3. The molecule has 0 aromatic rings. The number of carbonyl (C=O) groups is 2. The second-order valence-corrected chi connectivity index (χ2v) is 2.28. The fourth-order valence-electron chi connectivity index (χ4n) is 0.886. The first kappa shape index (κ1) is 6.92. The maximum Gasteiger partial charge on any atom is 0.191 e. The van der Waals surface area contributed by atoms with Crippen molar-refractivity contribution < 1.29 is 14.8 Å². The third kappa shape index (κ3) is 0.814. The van der Waals surface area contributed by atoms with Crippen LogP contribution in [0.4, 0.5) is 0 Å². The molecule has 0 saturated heterocycles. The van der Waals surface area contributed by atoms with Crippen LogP contribution in [0.2, 0.25) is 0 Å². The lowest BCUT2D eigenvalue weighted by atomic mass is 10.1. The molecule has 0 spiro atoms. The molecule has 0 aliphatic heterocycles. The van der Waals surface area contributed by atoms with Crippen molar-refractivity contribution in [1.29, 1.82) is 0 Å². The van der Waals surface area contributed by atoms with Gasteiger partial charge in [-0.2, -0.15) is 0 Å². The molecular weight excluding hydrogens is 134 g/mol. The van der Waals surface area contributed by atoms with Gasteiger partial charge >= 0.3 is 0 Å². The van der Waals surface area contributed by atoms with Gasteiger partial charge in [0.25, 0.3) is 0 Å². The number of rotatable bonds is 0. The third-order valence-electron chi connectivity index (χ3n) is 1.62. The minimum atomic E-state index is -0.606. The fraction of sp³-hybridized carbons (Fsp3) is 0.500. The molecule has 1 N–H and O–H groups in total. The van der Waals surface area contributed by atoms with Crippen molar-refractivity contribution in [2.45, 2.75) is 13.3 Å². The number of ketones is 2. The van der Waals surface area contributed by atoms with Crippen molar-refractivity contribution in [3.05, 3.63) is 0 Å². The van der Waals surface area contributed by atoms with Gasteiger partial charge in [-0.25, -0.2) is 0 Å². The fourth-order valence-corrected chi connectivity index (χ4v) is 0.886. The Labute approximate surface area is 57.5 Å². The highest BCUT2D eigenvalue weighted by Crippen LogP contribution is 2.14. The lowest BCUT2D eigenvalue weighted by Gasteiger charge is -1.90. The average Bonchev–Trinajstić information content (AvgIpc) is 2.17. The number of oxime groups is 1. The molecule has 4 heteroatoms. The van der Waals surface area contributed by atoms with E-state index in [2.05, 4.69) is 5.16 Å². The van der Waals surface area contributed by atoms with Crippen LogP contribution in [0.15, 0.2) is 5.16 Å². The van der Waals surface area contributed by atoms with Crippen LogP contribution in [-0.2, 0) is 9.59 Å². The minimum Gasteiger partial charge on any atom is -0.411 e. The van der Waals surface area contributed by atoms with Gasteiger partial charge in [-0.05, 0) is 6.92 Å². The zero-order chi connectivity index (χ0) is 7.72. The van der Waals surface area contributed by atoms with Crippen LogP contribution in [0.1, 0.15) is 13.3 Å². The minimum absolute atomic E-state index is 0.0162. The molecule has 1 unspecified atom stereocenters. The van der Waals surface area contributed by atoms with Crippen molar-refractivity contribution in [2.75, 3.05) is 0 Å². The first-order valence-electron chi connectivity index (χ1n) is 2.94. The van der Waals surface area contributed by atoms with Gasteiger partial charge in [-0.15, -0.1) is 0 Å². The Hall–Kier alpha value is -1.19. The number of hydrogen-bond acceptors (Lipinski definition) is 4. The third-order valence-corrected chi connectivity index (χ3v) is 1.62. The van der Waals surface area contributed by atoms with Gasteiger partial charge in [-0.1, -0.05) is 5.16 Å². The van der Waals surface area contributed by atoms with Crippen LogP contribution in [0.25, 0.3) is 0 Å². The maximum atomic E-state index is 10.8. The molecule has 0 amide bonds. The Bertz CT molecular complexity index is 219. The molecule has 0 aromatic carbocycles. The normalized spacial score (nSPS) is 30.1. The Kier molecular flexibility index (Phi) is 1.53. The first-order valence-corrected chi connectivity index (χ1v) is 2.94. The number of Topliss-reactive ketones (excluding diaryl/α,β-unsaturated/α-hetero) is 2. The Balaban J connectivity index is 2.92. The van der Waals surface area contributed by atoms with Gasteiger partial charge < -0.3 is 5.21 Å². The Morgan fingerprint density at radius 1 is 1.60 bits per heavy atom. The van der Waals surface area contributed by atoms with Gasteiger partial charge in [0.1, 0.15) is 11.5 Å². The predicted molar refractivity (Wildman–Crippen MR) is 33.0 cm³/mol. The number of hydrogen-bond donors (Lipinski definition) is 1. The van der Waals surface area contributed by atoms with Crippen molar-refractivity contribution >= 4 is 17.3 Å². The number of nitrogens with zero attached hydrogens (tertiary/aromatic N) is 1. The van der Waals surface area contributed by atoms with Crippen LogP contribution in [0, 0.1) is 5.92 Å². The van der Waals surface area contributed by atoms with Gasteiger partial charge in [0.15, 0.2) is 5.78 Å². The molecule has 54 valence electrons. The second-order valence-electron chi connectivity index (χ2n) is 2.28. The van der Waals surface area contributed by atoms with Crippen molar-refractivity contribution in [3.8, 4) is 0 Å². The van der Waals surface area contributed by atoms with E-state index >= 15 is 0 Å². The molecule has 10 heavy (non-hydrogen) atoms. The van der Waals surface area contributed by atoms with E-state index in [1.54, 1.807) is 0 Å². The quantitative estimate of drug-likeness (QED) is 0.293. The average molecular weight is 141 g/mol. The molecule has 1 rings (SSSR count). The van der Waals surface area contributed by atoms with E-state index in [9.17, 15) is 9.59 Å². The summed E-state index contributed by atoms with van der Waals surface area (Å²) in [6.45, 7) is 1.52. The highest BCUT2D eigenvalue weighted by Gasteiger charge is 2.35. The molecule has 0 radical (unpaired) electrons. The van der Waals surface area contributed by atoms with Crippen LogP contribution < -0.4 is 0 Å². The van der Waals surface area contributed by atoms with Gasteiger partial charge in [0.05, 0.1) is 12.3 Å². The summed E-state index contributed by atoms with van der Waals surface area (Å²) in [5.74, 6) is -1.13. The van der Waals surface area contributed by atoms with E-state index in [-0.39, 0.29) is 23.7 Å². The molecule has 1 aliphatic carbocycles. The summed E-state index contributed by atoms with van der Waals surface area (Å²) < 4.78 is 0. The maximum absolute atomic E-state index is 10.8. The van der Waals surface area contributed by atoms with Crippen LogP contribution in [0.3, 0.4) is 0 Å². The van der Waals surface area contributed by atoms with Gasteiger partial charge in [0.2, 0.25) is 0 Å². The number of carbonyl (C=O) groups excluding carboxylic acids is 2. The zero-order valence-electron chi connectivity index (χ0n) is 5.50. The summed E-state index contributed by atoms with van der Waals surface area (Å²) in [7, 11) is 0. The summed E-state index contributed by atoms with van der Waals surface area (Å²) >= 11 is 0. The molecule has 1 fully saturated rings. The lowest BCUT2D eigenvalue weighted by molar-refractivity contribution is -0.125. The lowest BCUT2D eigenvalue weighted by Crippen LogP contribution is -2.12. The predicted octanol–water partition coefficient (Wildman–Crippen LogP) is -0.00540. The van der Waals surface area contributed by atoms with Crippen LogP contribution >= 0.6 is 0 Å². The molecule has 0 bridgehead atoms. The Morgan fingerprint density at radius 2 is 2.20 bits per heavy atom. The van der Waals surface area contributed by atoms with E-state index in [0.29, 0.717) is 0 Å². The van der Waals surface area contributed by atoms with Crippen LogP contribution in [-0.4, -0.2) is 22.5 Å². The van der Waals surface area contributed by atoms with Crippen molar-refractivity contribution in [1.82, 2.24) is 0 Å². The molecule has 1 saturated carbocycles. The van der Waals surface area contributed by atoms with Crippen molar-refractivity contribution in [3.63, 3.8) is 0 Å². The highest BCUT2D eigenvalue weighted by molar-refractivity contribution is 6.51. The van der Waals surface area contributed by atoms with E-state index in [1.807, 2.05) is 0 Å². The summed E-state index contributed by atoms with van der Waals surface area (Å²) in [5.41, 5.74) is -0.0162. The topological polar surface area (TPSA) is 66.7 Å². The monoisotopic (exact) mass is 141 g/mol. The molecule has 1 aliphatic rings. The van der Waals surface area contributed by atoms with Crippen molar-refractivity contribution in [2.24, 2.45) is 11.1 Å². The smallest absolute Gasteiger partial charge is 0.191 e. The summed E-state index contributed by atoms with van der Waals surface area (Å²) in [6.07, 6.45) is -0.0174. The highest BCUT2D eigenvalue weighted by atomic mass is 16.4. The molecule has 4 nitrogen and oxygen atoms in total. The van der Waals surface area contributed by atoms with E-state index in [1.165, 1.54) is 6.92 Å². The zero-order valence-corrected chi connectivity index (χ0v) is 5.50. The first-order chi connectivity index (χ1) is 4.66. The second kappa shape index (κ2) is 2.21. The summed E-state index contributed by atoms with van der Waals surface area (Å²) in [6, 6.07) is 0. The van der Waals surface area contributed by atoms with E-state index in [4.69, 9.17) is 5.21 Å². The van der Waals surface area contributed by atoms with E-state index < -0.39 is 5.92 Å². The molecule has 0 aromatic heterocycles. The van der Waals surface area contributed by atoms with Crippen LogP contribution in [0.5, 0.6) is 0 Å². The summed E-state index contributed by atoms with van der Waals surface area (Å²) in [5, 5.41) is 10.9. The Morgan fingerprint density at radius 3 is 2.40 bits per heavy atom. The summed E-state index contributed by atoms with van der Waals surface area (Å²) in [4.78, 5) is 21.6. The standard InChI is InChI=1S/C6H7NO3/c1-3-5(8)2-4(7-10)6(3)9/h3,10H,2H2,1H3/b7-4-. The van der Waals surface area contributed by atoms with Gasteiger partial charge in [-0.3, -0.25) is 9.59 Å². The SMILES string of the molecule is CC1C(=O)C/C(=N/O)C1=O. The molecule has 0 heterocycles. The van der Waals surface area contributed by atoms with Gasteiger partial charge in [0, 0.05) is 0 Å².